The monoisotopic (exact) mass is 222 g/mol. The lowest BCUT2D eigenvalue weighted by molar-refractivity contribution is 0.866. The Morgan fingerprint density at radius 3 is 2.17 bits per heavy atom. The van der Waals surface area contributed by atoms with Crippen LogP contribution in [0.2, 0.25) is 0 Å². The zero-order chi connectivity index (χ0) is 8.97. The summed E-state index contributed by atoms with van der Waals surface area (Å²) in [5.74, 6) is 3.53. The summed E-state index contributed by atoms with van der Waals surface area (Å²) in [6.07, 6.45) is 0. The van der Waals surface area contributed by atoms with Crippen molar-refractivity contribution in [2.24, 2.45) is 0 Å². The molecule has 0 aliphatic heterocycles. The Morgan fingerprint density at radius 1 is 1.17 bits per heavy atom. The van der Waals surface area contributed by atoms with Gasteiger partial charge in [-0.25, -0.2) is 0 Å². The maximum Gasteiger partial charge on any atom is 0.0254 e. The first-order chi connectivity index (χ1) is 5.74. The van der Waals surface area contributed by atoms with Crippen LogP contribution in [0.25, 0.3) is 0 Å². The first-order valence-corrected chi connectivity index (χ1v) is 4.75. The minimum absolute atomic E-state index is 0.593. The summed E-state index contributed by atoms with van der Waals surface area (Å²) in [5, 5.41) is 0. The molecule has 12 heavy (non-hydrogen) atoms. The quantitative estimate of drug-likeness (QED) is 0.639. The maximum atomic E-state index is 3.07. The molecular weight excluding hydrogens is 212 g/mol. The fraction of sp³-hybridized carbons (Fsp3) is 0.273. The normalized spacial score (nSPS) is 9.33. The largest absolute Gasteiger partial charge is 0.0587 e. The van der Waals surface area contributed by atoms with E-state index in [9.17, 15) is 0 Å². The molecule has 0 heterocycles. The van der Waals surface area contributed by atoms with E-state index >= 15 is 0 Å². The van der Waals surface area contributed by atoms with Gasteiger partial charge in [0.15, 0.2) is 0 Å². The Hall–Kier alpha value is -0.740. The van der Waals surface area contributed by atoms with Crippen molar-refractivity contribution in [3.8, 4) is 10.8 Å². The third-order valence-corrected chi connectivity index (χ3v) is 1.97. The minimum atomic E-state index is 0.593. The van der Waals surface area contributed by atoms with Crippen molar-refractivity contribution in [2.75, 3.05) is 0 Å². The lowest BCUT2D eigenvalue weighted by Crippen LogP contribution is -1.85. The third-order valence-electron chi connectivity index (χ3n) is 1.77. The number of hydrogen-bond acceptors (Lipinski definition) is 0. The molecule has 0 aromatic heterocycles. The fourth-order valence-electron chi connectivity index (χ4n) is 1.01. The molecule has 0 saturated heterocycles. The van der Waals surface area contributed by atoms with Gasteiger partial charge in [0.1, 0.15) is 0 Å². The number of rotatable bonds is 1. The highest BCUT2D eigenvalue weighted by atomic mass is 79.9. The van der Waals surface area contributed by atoms with Gasteiger partial charge in [-0.15, -0.1) is 0 Å². The number of halogens is 1. The van der Waals surface area contributed by atoms with Crippen LogP contribution in [0, 0.1) is 10.8 Å². The molecule has 0 N–H and O–H groups in total. The first-order valence-electron chi connectivity index (χ1n) is 3.95. The first kappa shape index (κ1) is 9.35. The second-order valence-corrected chi connectivity index (χ2v) is 3.39. The molecule has 0 aliphatic rings. The van der Waals surface area contributed by atoms with Crippen molar-refractivity contribution >= 4 is 15.9 Å². The lowest BCUT2D eigenvalue weighted by atomic mass is 10.0. The fourth-order valence-corrected chi connectivity index (χ4v) is 1.23. The van der Waals surface area contributed by atoms with Crippen molar-refractivity contribution in [3.05, 3.63) is 35.4 Å². The predicted octanol–water partition coefficient (Wildman–Crippen LogP) is 3.51. The van der Waals surface area contributed by atoms with E-state index in [1.165, 1.54) is 5.56 Å². The standard InChI is InChI=1S/C11H11Br/c1-9(2)11-5-3-10(4-6-11)7-8-12/h3-6,9H,1-2H3. The van der Waals surface area contributed by atoms with E-state index in [-0.39, 0.29) is 0 Å². The molecule has 0 aliphatic carbocycles. The van der Waals surface area contributed by atoms with E-state index in [1.807, 2.05) is 12.1 Å². The van der Waals surface area contributed by atoms with Crippen molar-refractivity contribution in [1.82, 2.24) is 0 Å². The number of hydrogen-bond donors (Lipinski definition) is 0. The van der Waals surface area contributed by atoms with Gasteiger partial charge in [-0.05, 0) is 28.4 Å². The van der Waals surface area contributed by atoms with Gasteiger partial charge in [0, 0.05) is 21.5 Å². The summed E-state index contributed by atoms with van der Waals surface area (Å²) in [6.45, 7) is 4.37. The van der Waals surface area contributed by atoms with Crippen LogP contribution in [0.1, 0.15) is 30.9 Å². The van der Waals surface area contributed by atoms with Crippen LogP contribution < -0.4 is 0 Å². The highest BCUT2D eigenvalue weighted by Crippen LogP contribution is 2.14. The highest BCUT2D eigenvalue weighted by Gasteiger charge is 1.96. The minimum Gasteiger partial charge on any atom is -0.0587 e. The van der Waals surface area contributed by atoms with Crippen LogP contribution in [0.4, 0.5) is 0 Å². The van der Waals surface area contributed by atoms with Gasteiger partial charge in [0.25, 0.3) is 0 Å². The molecule has 0 unspecified atom stereocenters. The zero-order valence-electron chi connectivity index (χ0n) is 7.26. The van der Waals surface area contributed by atoms with Gasteiger partial charge in [0.05, 0.1) is 0 Å². The number of benzene rings is 1. The summed E-state index contributed by atoms with van der Waals surface area (Å²) >= 11 is 3.07. The average molecular weight is 223 g/mol. The Morgan fingerprint density at radius 2 is 1.75 bits per heavy atom. The van der Waals surface area contributed by atoms with Crippen LogP contribution in [-0.4, -0.2) is 0 Å². The molecule has 62 valence electrons. The molecule has 1 rings (SSSR count). The van der Waals surface area contributed by atoms with Crippen LogP contribution in [0.3, 0.4) is 0 Å². The van der Waals surface area contributed by atoms with E-state index in [2.05, 4.69) is 52.7 Å². The Kier molecular flexibility index (Phi) is 3.37. The van der Waals surface area contributed by atoms with Crippen molar-refractivity contribution in [1.29, 1.82) is 0 Å². The molecule has 0 spiro atoms. The Balaban J connectivity index is 2.90. The Labute approximate surface area is 82.1 Å². The molecule has 0 amide bonds. The van der Waals surface area contributed by atoms with Crippen LogP contribution in [0.15, 0.2) is 24.3 Å². The van der Waals surface area contributed by atoms with E-state index in [0.29, 0.717) is 5.92 Å². The highest BCUT2D eigenvalue weighted by molar-refractivity contribution is 9.12. The summed E-state index contributed by atoms with van der Waals surface area (Å²) in [5.41, 5.74) is 2.41. The molecular formula is C11H11Br. The van der Waals surface area contributed by atoms with Gasteiger partial charge in [-0.1, -0.05) is 31.9 Å². The maximum absolute atomic E-state index is 3.07. The van der Waals surface area contributed by atoms with Crippen LogP contribution >= 0.6 is 15.9 Å². The van der Waals surface area contributed by atoms with E-state index < -0.39 is 0 Å². The van der Waals surface area contributed by atoms with Crippen molar-refractivity contribution in [2.45, 2.75) is 19.8 Å². The molecule has 0 nitrogen and oxygen atoms in total. The molecule has 0 radical (unpaired) electrons. The SMILES string of the molecule is CC(C)c1ccc(C#CBr)cc1. The second-order valence-electron chi connectivity index (χ2n) is 3.00. The Bertz CT molecular complexity index is 298. The third kappa shape index (κ3) is 2.39. The molecule has 1 aromatic carbocycles. The molecule has 0 saturated carbocycles. The van der Waals surface area contributed by atoms with Gasteiger partial charge in [-0.2, -0.15) is 0 Å². The predicted molar refractivity (Wildman–Crippen MR) is 56.3 cm³/mol. The topological polar surface area (TPSA) is 0 Å². The van der Waals surface area contributed by atoms with Crippen molar-refractivity contribution in [3.63, 3.8) is 0 Å². The summed E-state index contributed by atoms with van der Waals surface area (Å²) in [6, 6.07) is 8.34. The van der Waals surface area contributed by atoms with E-state index in [4.69, 9.17) is 0 Å². The van der Waals surface area contributed by atoms with E-state index in [0.717, 1.165) is 5.56 Å². The molecule has 1 aromatic rings. The van der Waals surface area contributed by atoms with Crippen molar-refractivity contribution < 1.29 is 0 Å². The van der Waals surface area contributed by atoms with Gasteiger partial charge in [-0.3, -0.25) is 0 Å². The smallest absolute Gasteiger partial charge is 0.0254 e. The molecule has 0 fully saturated rings. The molecule has 0 bridgehead atoms. The summed E-state index contributed by atoms with van der Waals surface area (Å²) in [4.78, 5) is 2.70. The second kappa shape index (κ2) is 4.33. The van der Waals surface area contributed by atoms with Gasteiger partial charge in [0.2, 0.25) is 0 Å². The summed E-state index contributed by atoms with van der Waals surface area (Å²) < 4.78 is 0. The zero-order valence-corrected chi connectivity index (χ0v) is 8.85. The molecule has 0 atom stereocenters. The van der Waals surface area contributed by atoms with Gasteiger partial charge < -0.3 is 0 Å². The lowest BCUT2D eigenvalue weighted by Gasteiger charge is -2.03. The summed E-state index contributed by atoms with van der Waals surface area (Å²) in [7, 11) is 0. The molecule has 1 heteroatoms. The van der Waals surface area contributed by atoms with Crippen LogP contribution in [0.5, 0.6) is 0 Å². The van der Waals surface area contributed by atoms with E-state index in [1.54, 1.807) is 0 Å². The van der Waals surface area contributed by atoms with Crippen LogP contribution in [-0.2, 0) is 0 Å². The van der Waals surface area contributed by atoms with Gasteiger partial charge >= 0.3 is 0 Å². The average Bonchev–Trinajstić information content (AvgIpc) is 2.06.